The van der Waals surface area contributed by atoms with E-state index in [0.29, 0.717) is 22.3 Å². The zero-order valence-electron chi connectivity index (χ0n) is 12.7. The first-order valence-electron chi connectivity index (χ1n) is 6.85. The Morgan fingerprint density at radius 1 is 1.30 bits per heavy atom. The van der Waals surface area contributed by atoms with Crippen LogP contribution in [0.5, 0.6) is 5.75 Å². The number of ether oxygens (including phenoxy) is 1. The lowest BCUT2D eigenvalue weighted by Crippen LogP contribution is -2.28. The van der Waals surface area contributed by atoms with Crippen LogP contribution in [-0.2, 0) is 11.3 Å². The number of aromatic carboxylic acids is 1. The van der Waals surface area contributed by atoms with Gasteiger partial charge in [-0.15, -0.1) is 0 Å². The Kier molecular flexibility index (Phi) is 5.28. The molecule has 1 heterocycles. The first-order valence-corrected chi connectivity index (χ1v) is 7.23. The van der Waals surface area contributed by atoms with Gasteiger partial charge in [0, 0.05) is 5.02 Å². The molecule has 0 fully saturated rings. The monoisotopic (exact) mass is 337 g/mol. The molecule has 6 nitrogen and oxygen atoms in total. The number of aryl methyl sites for hydroxylation is 2. The topological polar surface area (TPSA) is 88.8 Å². The van der Waals surface area contributed by atoms with Gasteiger partial charge < -0.3 is 19.6 Å². The third kappa shape index (κ3) is 4.50. The van der Waals surface area contributed by atoms with E-state index in [1.54, 1.807) is 25.1 Å². The molecular weight excluding hydrogens is 322 g/mol. The maximum Gasteiger partial charge on any atom is 0.339 e. The fourth-order valence-corrected chi connectivity index (χ4v) is 2.05. The van der Waals surface area contributed by atoms with Crippen LogP contribution in [0.3, 0.4) is 0 Å². The van der Waals surface area contributed by atoms with Crippen LogP contribution in [0.4, 0.5) is 0 Å². The molecule has 0 bridgehead atoms. The Balaban J connectivity index is 1.84. The molecule has 122 valence electrons. The third-order valence-electron chi connectivity index (χ3n) is 3.16. The van der Waals surface area contributed by atoms with Crippen molar-refractivity contribution in [3.05, 3.63) is 51.9 Å². The van der Waals surface area contributed by atoms with Crippen molar-refractivity contribution in [2.24, 2.45) is 0 Å². The van der Waals surface area contributed by atoms with Gasteiger partial charge in [-0.1, -0.05) is 11.6 Å². The summed E-state index contributed by atoms with van der Waals surface area (Å²) in [6.07, 6.45) is 0. The number of furan rings is 1. The highest BCUT2D eigenvalue weighted by Crippen LogP contribution is 2.21. The summed E-state index contributed by atoms with van der Waals surface area (Å²) in [5, 5.41) is 12.2. The van der Waals surface area contributed by atoms with Gasteiger partial charge in [-0.05, 0) is 43.7 Å². The Bertz CT molecular complexity index is 738. The van der Waals surface area contributed by atoms with Crippen molar-refractivity contribution in [3.8, 4) is 5.75 Å². The number of carboxylic acids is 1. The number of benzene rings is 1. The summed E-state index contributed by atoms with van der Waals surface area (Å²) >= 11 is 5.91. The van der Waals surface area contributed by atoms with Gasteiger partial charge in [-0.3, -0.25) is 4.79 Å². The lowest BCUT2D eigenvalue weighted by molar-refractivity contribution is -0.123. The lowest BCUT2D eigenvalue weighted by Gasteiger charge is -2.08. The molecule has 23 heavy (non-hydrogen) atoms. The Labute approximate surface area is 138 Å². The quantitative estimate of drug-likeness (QED) is 0.846. The van der Waals surface area contributed by atoms with E-state index in [4.69, 9.17) is 25.9 Å². The molecule has 0 spiro atoms. The molecule has 2 aromatic rings. The summed E-state index contributed by atoms with van der Waals surface area (Å²) in [6.45, 7) is 3.33. The summed E-state index contributed by atoms with van der Waals surface area (Å²) in [5.41, 5.74) is 0.943. The molecule has 0 aliphatic rings. The molecular formula is C16H16ClNO5. The maximum absolute atomic E-state index is 11.7. The summed E-state index contributed by atoms with van der Waals surface area (Å²) in [4.78, 5) is 22.7. The highest BCUT2D eigenvalue weighted by Gasteiger charge is 2.14. The van der Waals surface area contributed by atoms with E-state index < -0.39 is 5.97 Å². The summed E-state index contributed by atoms with van der Waals surface area (Å²) < 4.78 is 10.6. The maximum atomic E-state index is 11.7. The van der Waals surface area contributed by atoms with Crippen molar-refractivity contribution in [2.45, 2.75) is 20.4 Å². The van der Waals surface area contributed by atoms with Gasteiger partial charge in [0.25, 0.3) is 5.91 Å². The number of halogens is 1. The Morgan fingerprint density at radius 2 is 2.04 bits per heavy atom. The molecule has 7 heteroatoms. The molecule has 0 atom stereocenters. The predicted octanol–water partition coefficient (Wildman–Crippen LogP) is 2.94. The molecule has 0 aliphatic heterocycles. The number of nitrogens with one attached hydrogen (secondary N) is 1. The number of carboxylic acid groups (broad SMARTS) is 1. The number of carbonyl (C=O) groups is 2. The van der Waals surface area contributed by atoms with Gasteiger partial charge in [0.1, 0.15) is 22.8 Å². The second-order valence-electron chi connectivity index (χ2n) is 4.96. The van der Waals surface area contributed by atoms with Gasteiger partial charge in [0.2, 0.25) is 0 Å². The number of hydrogen-bond donors (Lipinski definition) is 2. The molecule has 1 aromatic carbocycles. The van der Waals surface area contributed by atoms with Gasteiger partial charge in [-0.25, -0.2) is 4.79 Å². The largest absolute Gasteiger partial charge is 0.484 e. The fraction of sp³-hybridized carbons (Fsp3) is 0.250. The number of rotatable bonds is 6. The van der Waals surface area contributed by atoms with Crippen LogP contribution in [0.15, 0.2) is 28.7 Å². The van der Waals surface area contributed by atoms with Crippen molar-refractivity contribution in [3.63, 3.8) is 0 Å². The molecule has 2 rings (SSSR count). The molecule has 1 amide bonds. The molecule has 0 saturated heterocycles. The minimum atomic E-state index is -1.06. The van der Waals surface area contributed by atoms with Crippen LogP contribution in [0.2, 0.25) is 5.02 Å². The summed E-state index contributed by atoms with van der Waals surface area (Å²) in [7, 11) is 0. The molecule has 0 saturated carbocycles. The van der Waals surface area contributed by atoms with Crippen LogP contribution < -0.4 is 10.1 Å². The molecule has 1 aromatic heterocycles. The van der Waals surface area contributed by atoms with Crippen LogP contribution in [-0.4, -0.2) is 23.6 Å². The zero-order valence-corrected chi connectivity index (χ0v) is 13.4. The fourth-order valence-electron chi connectivity index (χ4n) is 1.94. The van der Waals surface area contributed by atoms with Gasteiger partial charge >= 0.3 is 5.97 Å². The average molecular weight is 338 g/mol. The summed E-state index contributed by atoms with van der Waals surface area (Å²) in [6, 6.07) is 6.51. The van der Waals surface area contributed by atoms with Crippen LogP contribution in [0, 0.1) is 13.8 Å². The first kappa shape index (κ1) is 16.9. The standard InChI is InChI=1S/C16H16ClNO5/c1-9-5-11(3-4-14(9)17)22-8-15(19)18-7-12-6-13(16(20)21)10(2)23-12/h3-6H,7-8H2,1-2H3,(H,18,19)(H,20,21). The van der Waals surface area contributed by atoms with Gasteiger partial charge in [0.05, 0.1) is 6.54 Å². The van der Waals surface area contributed by atoms with Crippen molar-refractivity contribution < 1.29 is 23.8 Å². The molecule has 2 N–H and O–H groups in total. The minimum Gasteiger partial charge on any atom is -0.484 e. The summed E-state index contributed by atoms with van der Waals surface area (Å²) in [5.74, 6) is -0.192. The molecule has 0 unspecified atom stereocenters. The Hall–Kier alpha value is -2.47. The van der Waals surface area contributed by atoms with E-state index in [0.717, 1.165) is 5.56 Å². The number of carbonyl (C=O) groups excluding carboxylic acids is 1. The highest BCUT2D eigenvalue weighted by atomic mass is 35.5. The van der Waals surface area contributed by atoms with Crippen LogP contribution in [0.1, 0.15) is 27.4 Å². The Morgan fingerprint density at radius 3 is 2.65 bits per heavy atom. The van der Waals surface area contributed by atoms with Crippen LogP contribution >= 0.6 is 11.6 Å². The normalized spacial score (nSPS) is 10.4. The zero-order chi connectivity index (χ0) is 17.0. The van der Waals surface area contributed by atoms with Crippen molar-refractivity contribution in [2.75, 3.05) is 6.61 Å². The average Bonchev–Trinajstić information content (AvgIpc) is 2.87. The van der Waals surface area contributed by atoms with E-state index in [-0.39, 0.29) is 24.6 Å². The second kappa shape index (κ2) is 7.19. The highest BCUT2D eigenvalue weighted by molar-refractivity contribution is 6.31. The predicted molar refractivity (Wildman–Crippen MR) is 83.9 cm³/mol. The van der Waals surface area contributed by atoms with Gasteiger partial charge in [0.15, 0.2) is 6.61 Å². The second-order valence-corrected chi connectivity index (χ2v) is 5.37. The van der Waals surface area contributed by atoms with E-state index >= 15 is 0 Å². The van der Waals surface area contributed by atoms with E-state index in [2.05, 4.69) is 5.32 Å². The third-order valence-corrected chi connectivity index (χ3v) is 3.58. The van der Waals surface area contributed by atoms with Gasteiger partial charge in [-0.2, -0.15) is 0 Å². The smallest absolute Gasteiger partial charge is 0.339 e. The number of amides is 1. The molecule has 0 radical (unpaired) electrons. The van der Waals surface area contributed by atoms with Crippen LogP contribution in [0.25, 0.3) is 0 Å². The lowest BCUT2D eigenvalue weighted by atomic mass is 10.2. The van der Waals surface area contributed by atoms with Crippen molar-refractivity contribution in [1.82, 2.24) is 5.32 Å². The van der Waals surface area contributed by atoms with E-state index in [9.17, 15) is 9.59 Å². The van der Waals surface area contributed by atoms with E-state index in [1.165, 1.54) is 6.07 Å². The molecule has 0 aliphatic carbocycles. The first-order chi connectivity index (χ1) is 10.9. The SMILES string of the molecule is Cc1cc(OCC(=O)NCc2cc(C(=O)O)c(C)o2)ccc1Cl. The van der Waals surface area contributed by atoms with E-state index in [1.807, 2.05) is 6.92 Å². The minimum absolute atomic E-state index is 0.0853. The van der Waals surface area contributed by atoms with Crippen molar-refractivity contribution >= 4 is 23.5 Å². The van der Waals surface area contributed by atoms with Crippen molar-refractivity contribution in [1.29, 1.82) is 0 Å². The number of hydrogen-bond acceptors (Lipinski definition) is 4.